The molecule has 0 atom stereocenters. The molecule has 0 radical (unpaired) electrons. The lowest BCUT2D eigenvalue weighted by Gasteiger charge is -2.03. The molecule has 0 unspecified atom stereocenters. The lowest BCUT2D eigenvalue weighted by molar-refractivity contribution is -0.384. The van der Waals surface area contributed by atoms with E-state index in [-0.39, 0.29) is 28.7 Å². The summed E-state index contributed by atoms with van der Waals surface area (Å²) in [4.78, 5) is 14.8. The predicted molar refractivity (Wildman–Crippen MR) is 99.8 cm³/mol. The fraction of sp³-hybridized carbons (Fsp3) is 0.474. The van der Waals surface area contributed by atoms with Crippen LogP contribution in [0.25, 0.3) is 11.5 Å². The van der Waals surface area contributed by atoms with Crippen LogP contribution in [0.5, 0.6) is 0 Å². The van der Waals surface area contributed by atoms with Gasteiger partial charge >= 0.3 is 0 Å². The van der Waals surface area contributed by atoms with Crippen LogP contribution >= 0.6 is 0 Å². The fourth-order valence-corrected chi connectivity index (χ4v) is 2.73. The Hall–Kier alpha value is -2.88. The number of aromatic nitrogens is 1. The zero-order chi connectivity index (χ0) is 18.8. The van der Waals surface area contributed by atoms with Gasteiger partial charge in [0.05, 0.1) is 4.92 Å². The third-order valence-corrected chi connectivity index (χ3v) is 4.13. The summed E-state index contributed by atoms with van der Waals surface area (Å²) >= 11 is 0. The summed E-state index contributed by atoms with van der Waals surface area (Å²) in [5, 5.41) is 23.5. The first-order valence-electron chi connectivity index (χ1n) is 9.06. The Bertz CT molecular complexity index is 764. The van der Waals surface area contributed by atoms with Crippen LogP contribution < -0.4 is 5.32 Å². The molecule has 0 aliphatic carbocycles. The van der Waals surface area contributed by atoms with Crippen molar-refractivity contribution in [2.75, 3.05) is 11.9 Å². The highest BCUT2D eigenvalue weighted by Gasteiger charge is 2.21. The molecule has 0 aliphatic heterocycles. The van der Waals surface area contributed by atoms with Crippen molar-refractivity contribution in [1.82, 2.24) is 4.98 Å². The van der Waals surface area contributed by atoms with Crippen molar-refractivity contribution in [2.24, 2.45) is 0 Å². The molecule has 0 bridgehead atoms. The van der Waals surface area contributed by atoms with E-state index in [0.717, 1.165) is 12.8 Å². The molecule has 1 N–H and O–H groups in total. The van der Waals surface area contributed by atoms with Crippen molar-refractivity contribution in [3.8, 4) is 17.5 Å². The van der Waals surface area contributed by atoms with Crippen LogP contribution in [-0.2, 0) is 0 Å². The highest BCUT2D eigenvalue weighted by Crippen LogP contribution is 2.31. The van der Waals surface area contributed by atoms with Crippen molar-refractivity contribution < 1.29 is 9.34 Å². The number of nitrogens with zero attached hydrogens (tertiary/aromatic N) is 3. The van der Waals surface area contributed by atoms with Crippen LogP contribution in [0.15, 0.2) is 28.7 Å². The molecule has 0 saturated carbocycles. The van der Waals surface area contributed by atoms with Gasteiger partial charge in [0, 0.05) is 12.6 Å². The smallest absolute Gasteiger partial charge is 0.282 e. The molecule has 7 nitrogen and oxygen atoms in total. The molecule has 0 fully saturated rings. The summed E-state index contributed by atoms with van der Waals surface area (Å²) < 4.78 is 5.59. The van der Waals surface area contributed by atoms with E-state index in [4.69, 9.17) is 4.42 Å². The second-order valence-corrected chi connectivity index (χ2v) is 6.13. The third kappa shape index (κ3) is 5.31. The van der Waals surface area contributed by atoms with Gasteiger partial charge in [0.1, 0.15) is 11.6 Å². The van der Waals surface area contributed by atoms with Crippen LogP contribution in [0.1, 0.15) is 57.6 Å². The molecule has 0 saturated heterocycles. The van der Waals surface area contributed by atoms with Gasteiger partial charge in [-0.05, 0) is 12.5 Å². The molecule has 0 amide bonds. The predicted octanol–water partition coefficient (Wildman–Crippen LogP) is 5.28. The molecule has 2 rings (SSSR count). The fourth-order valence-electron chi connectivity index (χ4n) is 2.73. The monoisotopic (exact) mass is 356 g/mol. The van der Waals surface area contributed by atoms with Gasteiger partial charge in [-0.1, -0.05) is 57.6 Å². The van der Waals surface area contributed by atoms with E-state index in [0.29, 0.717) is 6.54 Å². The summed E-state index contributed by atoms with van der Waals surface area (Å²) in [6.07, 6.45) is 8.35. The van der Waals surface area contributed by atoms with E-state index < -0.39 is 4.92 Å². The second kappa shape index (κ2) is 10.2. The number of oxazole rings is 1. The SMILES string of the molecule is CCCCCCCCCNc1oc(-c2ccccc2[N+](=O)[O-])nc1C#N. The van der Waals surface area contributed by atoms with Gasteiger partial charge in [0.15, 0.2) is 0 Å². The number of nitrogens with one attached hydrogen (secondary N) is 1. The van der Waals surface area contributed by atoms with Crippen molar-refractivity contribution in [3.63, 3.8) is 0 Å². The summed E-state index contributed by atoms with van der Waals surface area (Å²) in [6, 6.07) is 8.17. The Morgan fingerprint density at radius 2 is 1.88 bits per heavy atom. The molecule has 1 aromatic carbocycles. The number of nitriles is 1. The van der Waals surface area contributed by atoms with Crippen LogP contribution in [-0.4, -0.2) is 16.5 Å². The number of nitro benzene ring substituents is 1. The normalized spacial score (nSPS) is 10.5. The molecule has 138 valence electrons. The maximum atomic E-state index is 11.2. The van der Waals surface area contributed by atoms with Crippen molar-refractivity contribution in [3.05, 3.63) is 40.1 Å². The summed E-state index contributed by atoms with van der Waals surface area (Å²) in [7, 11) is 0. The first kappa shape index (κ1) is 19.4. The van der Waals surface area contributed by atoms with Crippen LogP contribution in [0, 0.1) is 21.4 Å². The molecule has 1 heterocycles. The van der Waals surface area contributed by atoms with Crippen LogP contribution in [0.3, 0.4) is 0 Å². The van der Waals surface area contributed by atoms with Crippen molar-refractivity contribution >= 4 is 11.6 Å². The van der Waals surface area contributed by atoms with Gasteiger partial charge in [-0.3, -0.25) is 10.1 Å². The Morgan fingerprint density at radius 1 is 1.19 bits per heavy atom. The highest BCUT2D eigenvalue weighted by atomic mass is 16.6. The number of hydrogen-bond acceptors (Lipinski definition) is 6. The number of benzene rings is 1. The van der Waals surface area contributed by atoms with Gasteiger partial charge in [-0.25, -0.2) is 0 Å². The number of para-hydroxylation sites is 1. The van der Waals surface area contributed by atoms with Crippen LogP contribution in [0.2, 0.25) is 0 Å². The topological polar surface area (TPSA) is 105 Å². The first-order valence-corrected chi connectivity index (χ1v) is 9.06. The van der Waals surface area contributed by atoms with E-state index in [1.165, 1.54) is 38.2 Å². The zero-order valence-electron chi connectivity index (χ0n) is 15.0. The quantitative estimate of drug-likeness (QED) is 0.333. The third-order valence-electron chi connectivity index (χ3n) is 4.13. The standard InChI is InChI=1S/C19H24N4O3/c1-2-3-4-5-6-7-10-13-21-19-16(14-20)22-18(26-19)15-11-8-9-12-17(15)23(24)25/h8-9,11-12,21H,2-7,10,13H2,1H3. The van der Waals surface area contributed by atoms with Gasteiger partial charge in [0.25, 0.3) is 5.69 Å². The number of hydrogen-bond donors (Lipinski definition) is 1. The molecule has 7 heteroatoms. The molecule has 26 heavy (non-hydrogen) atoms. The van der Waals surface area contributed by atoms with Gasteiger partial charge in [0.2, 0.25) is 17.5 Å². The highest BCUT2D eigenvalue weighted by molar-refractivity contribution is 5.68. The van der Waals surface area contributed by atoms with E-state index >= 15 is 0 Å². The molecule has 0 aliphatic rings. The second-order valence-electron chi connectivity index (χ2n) is 6.13. The number of anilines is 1. The van der Waals surface area contributed by atoms with Crippen molar-refractivity contribution in [2.45, 2.75) is 51.9 Å². The van der Waals surface area contributed by atoms with Crippen LogP contribution in [0.4, 0.5) is 11.6 Å². The Kier molecular flexibility index (Phi) is 7.62. The summed E-state index contributed by atoms with van der Waals surface area (Å²) in [5.41, 5.74) is 0.274. The number of unbranched alkanes of at least 4 members (excludes halogenated alkanes) is 6. The largest absolute Gasteiger partial charge is 0.419 e. The molecule has 2 aromatic rings. The lowest BCUT2D eigenvalue weighted by atomic mass is 10.1. The molecular weight excluding hydrogens is 332 g/mol. The maximum Gasteiger partial charge on any atom is 0.282 e. The van der Waals surface area contributed by atoms with E-state index in [1.807, 2.05) is 6.07 Å². The van der Waals surface area contributed by atoms with E-state index in [1.54, 1.807) is 18.2 Å². The maximum absolute atomic E-state index is 11.2. The number of rotatable bonds is 11. The minimum atomic E-state index is -0.489. The molecular formula is C19H24N4O3. The Balaban J connectivity index is 1.95. The summed E-state index contributed by atoms with van der Waals surface area (Å²) in [5.74, 6) is 0.350. The molecule has 0 spiro atoms. The summed E-state index contributed by atoms with van der Waals surface area (Å²) in [6.45, 7) is 2.88. The minimum absolute atomic E-state index is 0.0796. The Morgan fingerprint density at radius 3 is 2.58 bits per heavy atom. The number of nitro groups is 1. The van der Waals surface area contributed by atoms with Gasteiger partial charge in [-0.15, -0.1) is 0 Å². The zero-order valence-corrected chi connectivity index (χ0v) is 15.0. The van der Waals surface area contributed by atoms with E-state index in [2.05, 4.69) is 17.2 Å². The average Bonchev–Trinajstić information content (AvgIpc) is 3.07. The Labute approximate surface area is 153 Å². The lowest BCUT2D eigenvalue weighted by Crippen LogP contribution is -2.01. The average molecular weight is 356 g/mol. The minimum Gasteiger partial charge on any atom is -0.419 e. The first-order chi connectivity index (χ1) is 12.7. The van der Waals surface area contributed by atoms with Gasteiger partial charge in [-0.2, -0.15) is 10.2 Å². The molecule has 1 aromatic heterocycles. The van der Waals surface area contributed by atoms with Gasteiger partial charge < -0.3 is 9.73 Å². The van der Waals surface area contributed by atoms with Crippen molar-refractivity contribution in [1.29, 1.82) is 5.26 Å². The van der Waals surface area contributed by atoms with E-state index in [9.17, 15) is 15.4 Å².